The molecule has 8 heteroatoms. The van der Waals surface area contributed by atoms with Gasteiger partial charge in [-0.15, -0.1) is 0 Å². The number of hydrogen-bond donors (Lipinski definition) is 2. The molecule has 1 aromatic rings. The lowest BCUT2D eigenvalue weighted by molar-refractivity contribution is -0.131. The number of anilines is 1. The number of hydrogen-bond acceptors (Lipinski definition) is 6. The quantitative estimate of drug-likeness (QED) is 0.842. The van der Waals surface area contributed by atoms with Gasteiger partial charge in [0.2, 0.25) is 5.91 Å². The van der Waals surface area contributed by atoms with Crippen molar-refractivity contribution in [1.29, 1.82) is 0 Å². The summed E-state index contributed by atoms with van der Waals surface area (Å²) in [4.78, 5) is 31.0. The normalized spacial score (nSPS) is 18.9. The minimum Gasteiger partial charge on any atom is -0.377 e. The molecule has 0 radical (unpaired) electrons. The first-order chi connectivity index (χ1) is 9.90. The van der Waals surface area contributed by atoms with E-state index in [0.29, 0.717) is 28.9 Å². The van der Waals surface area contributed by atoms with Crippen molar-refractivity contribution in [3.8, 4) is 0 Å². The molecule has 2 heterocycles. The van der Waals surface area contributed by atoms with Crippen LogP contribution in [0.4, 0.5) is 5.13 Å². The molecule has 0 aliphatic carbocycles. The highest BCUT2D eigenvalue weighted by Gasteiger charge is 2.35. The average Bonchev–Trinajstić information content (AvgIpc) is 2.76. The summed E-state index contributed by atoms with van der Waals surface area (Å²) in [5, 5.41) is 3.17. The molecule has 1 saturated heterocycles. The van der Waals surface area contributed by atoms with Crippen molar-refractivity contribution in [2.45, 2.75) is 32.9 Å². The number of nitrogens with zero attached hydrogens (tertiary/aromatic N) is 2. The van der Waals surface area contributed by atoms with E-state index in [1.165, 1.54) is 0 Å². The van der Waals surface area contributed by atoms with Crippen LogP contribution in [-0.4, -0.2) is 53.5 Å². The molecule has 2 rings (SSSR count). The van der Waals surface area contributed by atoms with Crippen molar-refractivity contribution >= 4 is 28.3 Å². The first-order valence-corrected chi connectivity index (χ1v) is 7.63. The highest BCUT2D eigenvalue weighted by atomic mass is 32.1. The van der Waals surface area contributed by atoms with Gasteiger partial charge in [0.15, 0.2) is 5.13 Å². The Kier molecular flexibility index (Phi) is 4.79. The van der Waals surface area contributed by atoms with Crippen LogP contribution in [0.5, 0.6) is 0 Å². The molecule has 0 aromatic carbocycles. The molecule has 1 aliphatic rings. The summed E-state index contributed by atoms with van der Waals surface area (Å²) in [5.41, 5.74) is 6.23. The van der Waals surface area contributed by atoms with Crippen molar-refractivity contribution in [2.75, 3.05) is 25.5 Å². The summed E-state index contributed by atoms with van der Waals surface area (Å²) in [5.74, 6) is -0.415. The predicted molar refractivity (Wildman–Crippen MR) is 80.2 cm³/mol. The van der Waals surface area contributed by atoms with Gasteiger partial charge in [0.25, 0.3) is 5.91 Å². The van der Waals surface area contributed by atoms with E-state index < -0.39 is 6.04 Å². The third-order valence-electron chi connectivity index (χ3n) is 3.13. The Morgan fingerprint density at radius 3 is 2.81 bits per heavy atom. The number of carbonyl (C=O) groups is 2. The van der Waals surface area contributed by atoms with Gasteiger partial charge in [0.05, 0.1) is 18.9 Å². The maximum Gasteiger partial charge on any atom is 0.266 e. The molecule has 3 N–H and O–H groups in total. The number of carbonyl (C=O) groups excluding carboxylic acids is 2. The Bertz CT molecular complexity index is 544. The van der Waals surface area contributed by atoms with Crippen LogP contribution in [0.3, 0.4) is 0 Å². The molecule has 1 fully saturated rings. The van der Waals surface area contributed by atoms with Crippen molar-refractivity contribution in [3.63, 3.8) is 0 Å². The van der Waals surface area contributed by atoms with Gasteiger partial charge in [-0.25, -0.2) is 4.98 Å². The molecule has 116 valence electrons. The van der Waals surface area contributed by atoms with Gasteiger partial charge in [-0.05, 0) is 20.8 Å². The van der Waals surface area contributed by atoms with Crippen molar-refractivity contribution in [3.05, 3.63) is 10.6 Å². The molecule has 2 amide bonds. The molecule has 7 nitrogen and oxygen atoms in total. The Labute approximate surface area is 127 Å². The largest absolute Gasteiger partial charge is 0.377 e. The third-order valence-corrected chi connectivity index (χ3v) is 4.10. The second-order valence-corrected chi connectivity index (χ2v) is 6.25. The van der Waals surface area contributed by atoms with Crippen molar-refractivity contribution < 1.29 is 14.3 Å². The molecule has 0 bridgehead atoms. The number of nitrogen functional groups attached to an aromatic ring is 1. The fraction of sp³-hybridized carbons (Fsp3) is 0.615. The number of aryl methyl sites for hydroxylation is 1. The Morgan fingerprint density at radius 2 is 2.24 bits per heavy atom. The number of thiazole rings is 1. The van der Waals surface area contributed by atoms with Crippen LogP contribution in [0.2, 0.25) is 0 Å². The lowest BCUT2D eigenvalue weighted by Crippen LogP contribution is -2.56. The van der Waals surface area contributed by atoms with Crippen LogP contribution in [0.1, 0.15) is 29.2 Å². The van der Waals surface area contributed by atoms with Crippen molar-refractivity contribution in [1.82, 2.24) is 15.2 Å². The minimum atomic E-state index is -0.614. The molecule has 1 atom stereocenters. The standard InChI is InChI=1S/C13H20N4O3S/c1-7(2)15-11(18)9-6-20-5-4-17(9)12(19)10-8(3)16-13(14)21-10/h7,9H,4-6H2,1-3H3,(H2,14,16)(H,15,18). The molecule has 1 aliphatic heterocycles. The van der Waals surface area contributed by atoms with Gasteiger partial charge in [-0.3, -0.25) is 9.59 Å². The van der Waals surface area contributed by atoms with Crippen molar-refractivity contribution in [2.24, 2.45) is 0 Å². The molecular weight excluding hydrogens is 292 g/mol. The van der Waals surface area contributed by atoms with Crippen LogP contribution in [0.15, 0.2) is 0 Å². The highest BCUT2D eigenvalue weighted by molar-refractivity contribution is 7.17. The number of nitrogens with one attached hydrogen (secondary N) is 1. The van der Waals surface area contributed by atoms with E-state index in [2.05, 4.69) is 10.3 Å². The maximum absolute atomic E-state index is 12.6. The SMILES string of the molecule is Cc1nc(N)sc1C(=O)N1CCOCC1C(=O)NC(C)C. The van der Waals surface area contributed by atoms with E-state index in [-0.39, 0.29) is 24.5 Å². The first-order valence-electron chi connectivity index (χ1n) is 6.82. The fourth-order valence-corrected chi connectivity index (χ4v) is 2.98. The van der Waals surface area contributed by atoms with E-state index in [1.807, 2.05) is 13.8 Å². The summed E-state index contributed by atoms with van der Waals surface area (Å²) in [6.45, 7) is 6.50. The van der Waals surface area contributed by atoms with E-state index in [0.717, 1.165) is 11.3 Å². The third kappa shape index (κ3) is 3.51. The van der Waals surface area contributed by atoms with Crippen LogP contribution in [-0.2, 0) is 9.53 Å². The van der Waals surface area contributed by atoms with Crippen LogP contribution in [0.25, 0.3) is 0 Å². The van der Waals surface area contributed by atoms with Crippen LogP contribution >= 0.6 is 11.3 Å². The number of morpholine rings is 1. The summed E-state index contributed by atoms with van der Waals surface area (Å²) in [6, 6.07) is -0.603. The van der Waals surface area contributed by atoms with E-state index >= 15 is 0 Å². The predicted octanol–water partition coefficient (Wildman–Crippen LogP) is 0.399. The van der Waals surface area contributed by atoms with Crippen LogP contribution < -0.4 is 11.1 Å². The van der Waals surface area contributed by atoms with E-state index in [9.17, 15) is 9.59 Å². The molecule has 1 aromatic heterocycles. The van der Waals surface area contributed by atoms with Gasteiger partial charge in [-0.2, -0.15) is 0 Å². The summed E-state index contributed by atoms with van der Waals surface area (Å²) >= 11 is 1.15. The molecule has 0 spiro atoms. The maximum atomic E-state index is 12.6. The zero-order valence-electron chi connectivity index (χ0n) is 12.4. The molecule has 21 heavy (non-hydrogen) atoms. The second kappa shape index (κ2) is 6.40. The zero-order valence-corrected chi connectivity index (χ0v) is 13.2. The average molecular weight is 312 g/mol. The lowest BCUT2D eigenvalue weighted by Gasteiger charge is -2.34. The first kappa shape index (κ1) is 15.7. The second-order valence-electron chi connectivity index (χ2n) is 5.22. The van der Waals surface area contributed by atoms with E-state index in [1.54, 1.807) is 11.8 Å². The van der Waals surface area contributed by atoms with Gasteiger partial charge in [-0.1, -0.05) is 11.3 Å². The zero-order chi connectivity index (χ0) is 15.6. The molecule has 1 unspecified atom stereocenters. The summed E-state index contributed by atoms with van der Waals surface area (Å²) in [6.07, 6.45) is 0. The van der Waals surface area contributed by atoms with Gasteiger partial charge >= 0.3 is 0 Å². The lowest BCUT2D eigenvalue weighted by atomic mass is 10.2. The topological polar surface area (TPSA) is 97.6 Å². The number of nitrogens with two attached hydrogens (primary N) is 1. The summed E-state index contributed by atoms with van der Waals surface area (Å²) < 4.78 is 5.34. The smallest absolute Gasteiger partial charge is 0.266 e. The van der Waals surface area contributed by atoms with Gasteiger partial charge in [0.1, 0.15) is 10.9 Å². The fourth-order valence-electron chi connectivity index (χ4n) is 2.19. The summed E-state index contributed by atoms with van der Waals surface area (Å²) in [7, 11) is 0. The Balaban J connectivity index is 2.20. The van der Waals surface area contributed by atoms with Gasteiger partial charge < -0.3 is 20.7 Å². The number of aromatic nitrogens is 1. The number of rotatable bonds is 3. The Hall–Kier alpha value is -1.67. The molecular formula is C13H20N4O3S. The molecule has 0 saturated carbocycles. The van der Waals surface area contributed by atoms with Gasteiger partial charge in [0, 0.05) is 12.6 Å². The minimum absolute atomic E-state index is 0.0113. The van der Waals surface area contributed by atoms with Crippen LogP contribution in [0, 0.1) is 6.92 Å². The van der Waals surface area contributed by atoms with E-state index in [4.69, 9.17) is 10.5 Å². The number of ether oxygens (including phenoxy) is 1. The highest BCUT2D eigenvalue weighted by Crippen LogP contribution is 2.23. The monoisotopic (exact) mass is 312 g/mol. The Morgan fingerprint density at radius 1 is 1.52 bits per heavy atom. The number of amides is 2.